The van der Waals surface area contributed by atoms with Crippen LogP contribution in [0.5, 0.6) is 0 Å². The molecule has 0 radical (unpaired) electrons. The van der Waals surface area contributed by atoms with E-state index in [9.17, 15) is 4.79 Å². The van der Waals surface area contributed by atoms with Gasteiger partial charge in [-0.1, -0.05) is 0 Å². The summed E-state index contributed by atoms with van der Waals surface area (Å²) in [5, 5.41) is 4.83. The van der Waals surface area contributed by atoms with Gasteiger partial charge in [-0.15, -0.1) is 0 Å². The van der Waals surface area contributed by atoms with Crippen LogP contribution in [0.3, 0.4) is 0 Å². The molecular formula is C11H12N2O. The van der Waals surface area contributed by atoms with Gasteiger partial charge in [0, 0.05) is 24.3 Å². The summed E-state index contributed by atoms with van der Waals surface area (Å²) in [5.74, 6) is 0. The number of hydrogen-bond donors (Lipinski definition) is 2. The fourth-order valence-corrected chi connectivity index (χ4v) is 1.69. The molecule has 0 spiro atoms. The predicted octanol–water partition coefficient (Wildman–Crippen LogP) is 1.88. The first-order valence-corrected chi connectivity index (χ1v) is 4.53. The van der Waals surface area contributed by atoms with E-state index in [1.54, 1.807) is 6.20 Å². The van der Waals surface area contributed by atoms with Gasteiger partial charge in [0.1, 0.15) is 0 Å². The zero-order chi connectivity index (χ0) is 10.1. The number of rotatable bonds is 1. The van der Waals surface area contributed by atoms with Crippen LogP contribution < -0.4 is 10.9 Å². The molecule has 0 aliphatic carbocycles. The van der Waals surface area contributed by atoms with Crippen molar-refractivity contribution in [2.75, 3.05) is 12.4 Å². The summed E-state index contributed by atoms with van der Waals surface area (Å²) in [6.45, 7) is 2.01. The Labute approximate surface area is 81.8 Å². The highest BCUT2D eigenvalue weighted by Crippen LogP contribution is 2.22. The largest absolute Gasteiger partial charge is 0.388 e. The van der Waals surface area contributed by atoms with E-state index in [4.69, 9.17) is 0 Å². The fourth-order valence-electron chi connectivity index (χ4n) is 1.69. The molecule has 14 heavy (non-hydrogen) atoms. The summed E-state index contributed by atoms with van der Waals surface area (Å²) in [5.41, 5.74) is 2.13. The van der Waals surface area contributed by atoms with E-state index < -0.39 is 0 Å². The van der Waals surface area contributed by atoms with Gasteiger partial charge in [-0.2, -0.15) is 0 Å². The molecule has 3 nitrogen and oxygen atoms in total. The van der Waals surface area contributed by atoms with Gasteiger partial charge in [0.15, 0.2) is 0 Å². The number of anilines is 1. The Kier molecular flexibility index (Phi) is 2.00. The Hall–Kier alpha value is -1.77. The van der Waals surface area contributed by atoms with Gasteiger partial charge in [0.05, 0.1) is 0 Å². The standard InChI is InChI=1S/C11H12N2O/c1-7-8-5-6-13-11(14)9(8)3-4-10(7)12-2/h3-6,12H,1-2H3,(H,13,14). The monoisotopic (exact) mass is 188 g/mol. The van der Waals surface area contributed by atoms with Gasteiger partial charge < -0.3 is 10.3 Å². The van der Waals surface area contributed by atoms with Crippen molar-refractivity contribution < 1.29 is 0 Å². The van der Waals surface area contributed by atoms with Gasteiger partial charge in [-0.25, -0.2) is 0 Å². The van der Waals surface area contributed by atoms with E-state index >= 15 is 0 Å². The van der Waals surface area contributed by atoms with Crippen molar-refractivity contribution in [3.05, 3.63) is 40.3 Å². The Morgan fingerprint density at radius 1 is 1.21 bits per heavy atom. The maximum atomic E-state index is 11.5. The number of aromatic nitrogens is 1. The van der Waals surface area contributed by atoms with Crippen LogP contribution in [0.1, 0.15) is 5.56 Å². The van der Waals surface area contributed by atoms with Crippen LogP contribution in [0.2, 0.25) is 0 Å². The van der Waals surface area contributed by atoms with Crippen LogP contribution in [0.25, 0.3) is 10.8 Å². The number of fused-ring (bicyclic) bond motifs is 1. The minimum absolute atomic E-state index is 0.0340. The normalized spacial score (nSPS) is 10.4. The van der Waals surface area contributed by atoms with Crippen LogP contribution in [0.4, 0.5) is 5.69 Å². The van der Waals surface area contributed by atoms with Crippen molar-refractivity contribution in [2.45, 2.75) is 6.92 Å². The average Bonchev–Trinajstić information content (AvgIpc) is 2.20. The molecule has 1 aromatic heterocycles. The van der Waals surface area contributed by atoms with Gasteiger partial charge >= 0.3 is 0 Å². The molecule has 0 saturated carbocycles. The SMILES string of the molecule is CNc1ccc2c(=O)[nH]ccc2c1C. The van der Waals surface area contributed by atoms with Crippen molar-refractivity contribution in [1.82, 2.24) is 4.98 Å². The maximum Gasteiger partial charge on any atom is 0.255 e. The quantitative estimate of drug-likeness (QED) is 0.717. The van der Waals surface area contributed by atoms with Gasteiger partial charge in [-0.05, 0) is 36.1 Å². The Bertz CT molecular complexity index is 528. The zero-order valence-corrected chi connectivity index (χ0v) is 8.22. The van der Waals surface area contributed by atoms with Crippen LogP contribution >= 0.6 is 0 Å². The molecule has 2 aromatic rings. The maximum absolute atomic E-state index is 11.5. The molecule has 72 valence electrons. The number of H-pyrrole nitrogens is 1. The van der Waals surface area contributed by atoms with E-state index in [0.717, 1.165) is 22.0 Å². The van der Waals surface area contributed by atoms with Gasteiger partial charge in [0.25, 0.3) is 5.56 Å². The molecule has 1 heterocycles. The van der Waals surface area contributed by atoms with Crippen molar-refractivity contribution in [3.63, 3.8) is 0 Å². The van der Waals surface area contributed by atoms with Crippen LogP contribution in [0, 0.1) is 6.92 Å². The number of nitrogens with one attached hydrogen (secondary N) is 2. The summed E-state index contributed by atoms with van der Waals surface area (Å²) in [6.07, 6.45) is 1.68. The van der Waals surface area contributed by atoms with Crippen molar-refractivity contribution in [1.29, 1.82) is 0 Å². The third-order valence-corrected chi connectivity index (χ3v) is 2.49. The van der Waals surface area contributed by atoms with E-state index in [0.29, 0.717) is 0 Å². The summed E-state index contributed by atoms with van der Waals surface area (Å²) in [4.78, 5) is 14.1. The van der Waals surface area contributed by atoms with Crippen molar-refractivity contribution >= 4 is 16.5 Å². The second kappa shape index (κ2) is 3.18. The summed E-state index contributed by atoms with van der Waals surface area (Å²) in [7, 11) is 1.88. The summed E-state index contributed by atoms with van der Waals surface area (Å²) < 4.78 is 0. The molecular weight excluding hydrogens is 176 g/mol. The minimum Gasteiger partial charge on any atom is -0.388 e. The number of hydrogen-bond acceptors (Lipinski definition) is 2. The molecule has 1 aromatic carbocycles. The molecule has 0 aliphatic rings. The minimum atomic E-state index is -0.0340. The smallest absolute Gasteiger partial charge is 0.255 e. The third-order valence-electron chi connectivity index (χ3n) is 2.49. The molecule has 0 saturated heterocycles. The topological polar surface area (TPSA) is 44.9 Å². The summed E-state index contributed by atoms with van der Waals surface area (Å²) in [6, 6.07) is 5.69. The molecule has 0 fully saturated rings. The molecule has 0 atom stereocenters. The molecule has 2 rings (SSSR count). The molecule has 3 heteroatoms. The molecule has 0 amide bonds. The number of pyridine rings is 1. The lowest BCUT2D eigenvalue weighted by Crippen LogP contribution is -2.05. The predicted molar refractivity (Wildman–Crippen MR) is 58.9 cm³/mol. The second-order valence-electron chi connectivity index (χ2n) is 3.26. The average molecular weight is 188 g/mol. The van der Waals surface area contributed by atoms with E-state index in [-0.39, 0.29) is 5.56 Å². The first kappa shape index (κ1) is 8.81. The van der Waals surface area contributed by atoms with Gasteiger partial charge in [0.2, 0.25) is 0 Å². The Morgan fingerprint density at radius 3 is 2.71 bits per heavy atom. The van der Waals surface area contributed by atoms with Crippen molar-refractivity contribution in [2.24, 2.45) is 0 Å². The van der Waals surface area contributed by atoms with Crippen LogP contribution in [0.15, 0.2) is 29.2 Å². The third kappa shape index (κ3) is 1.18. The molecule has 2 N–H and O–H groups in total. The van der Waals surface area contributed by atoms with Gasteiger partial charge in [-0.3, -0.25) is 4.79 Å². The fraction of sp³-hybridized carbons (Fsp3) is 0.182. The lowest BCUT2D eigenvalue weighted by atomic mass is 10.1. The number of benzene rings is 1. The number of aromatic amines is 1. The number of aryl methyl sites for hydroxylation is 1. The Balaban J connectivity index is 2.91. The van der Waals surface area contributed by atoms with E-state index in [2.05, 4.69) is 10.3 Å². The highest BCUT2D eigenvalue weighted by atomic mass is 16.1. The lowest BCUT2D eigenvalue weighted by Gasteiger charge is -2.07. The highest BCUT2D eigenvalue weighted by Gasteiger charge is 2.03. The van der Waals surface area contributed by atoms with E-state index in [1.165, 1.54) is 0 Å². The highest BCUT2D eigenvalue weighted by molar-refractivity contribution is 5.88. The molecule has 0 unspecified atom stereocenters. The lowest BCUT2D eigenvalue weighted by molar-refractivity contribution is 1.27. The van der Waals surface area contributed by atoms with Crippen LogP contribution in [-0.4, -0.2) is 12.0 Å². The molecule has 0 bridgehead atoms. The molecule has 0 aliphatic heterocycles. The first-order chi connectivity index (χ1) is 6.74. The zero-order valence-electron chi connectivity index (χ0n) is 8.22. The second-order valence-corrected chi connectivity index (χ2v) is 3.26. The summed E-state index contributed by atoms with van der Waals surface area (Å²) >= 11 is 0. The van der Waals surface area contributed by atoms with Crippen molar-refractivity contribution in [3.8, 4) is 0 Å². The Morgan fingerprint density at radius 2 is 2.00 bits per heavy atom. The van der Waals surface area contributed by atoms with E-state index in [1.807, 2.05) is 32.2 Å². The van der Waals surface area contributed by atoms with Crippen LogP contribution in [-0.2, 0) is 0 Å². The first-order valence-electron chi connectivity index (χ1n) is 4.53.